The molecule has 34 heavy (non-hydrogen) atoms. The van der Waals surface area contributed by atoms with Gasteiger partial charge in [0.1, 0.15) is 11.9 Å². The topological polar surface area (TPSA) is 95.7 Å². The molecular weight excluding hydrogens is 500 g/mol. The van der Waals surface area contributed by atoms with E-state index in [9.17, 15) is 9.59 Å². The Morgan fingerprint density at radius 1 is 1.18 bits per heavy atom. The SMILES string of the molecule is CC(=O)OC(C)(C)C(=O)OCC[C@@H]1N=C(c2ccccn2)c2cc(Br)ccc2-n2c(C)cnc21. The number of halogens is 1. The van der Waals surface area contributed by atoms with Crippen LogP contribution in [-0.2, 0) is 19.1 Å². The van der Waals surface area contributed by atoms with Crippen LogP contribution in [0.5, 0.6) is 0 Å². The van der Waals surface area contributed by atoms with Gasteiger partial charge in [0.2, 0.25) is 5.60 Å². The minimum absolute atomic E-state index is 0.0825. The predicted molar refractivity (Wildman–Crippen MR) is 130 cm³/mol. The van der Waals surface area contributed by atoms with Crippen molar-refractivity contribution in [1.82, 2.24) is 14.5 Å². The van der Waals surface area contributed by atoms with E-state index in [2.05, 4.69) is 30.5 Å². The Hall–Kier alpha value is -3.33. The van der Waals surface area contributed by atoms with Crippen LogP contribution in [-0.4, -0.2) is 44.4 Å². The van der Waals surface area contributed by atoms with Gasteiger partial charge in [0.25, 0.3) is 0 Å². The van der Waals surface area contributed by atoms with E-state index in [1.807, 2.05) is 49.5 Å². The molecule has 1 aliphatic rings. The molecule has 2 aromatic heterocycles. The zero-order valence-electron chi connectivity index (χ0n) is 19.4. The molecule has 0 aliphatic carbocycles. The molecule has 9 heteroatoms. The first-order chi connectivity index (χ1) is 16.2. The number of aryl methyl sites for hydroxylation is 1. The van der Waals surface area contributed by atoms with E-state index in [4.69, 9.17) is 14.5 Å². The highest BCUT2D eigenvalue weighted by Crippen LogP contribution is 2.34. The summed E-state index contributed by atoms with van der Waals surface area (Å²) >= 11 is 3.58. The second-order valence-electron chi connectivity index (χ2n) is 8.49. The quantitative estimate of drug-likeness (QED) is 0.440. The van der Waals surface area contributed by atoms with Gasteiger partial charge < -0.3 is 9.47 Å². The molecule has 1 aromatic carbocycles. The van der Waals surface area contributed by atoms with Crippen LogP contribution in [0.2, 0.25) is 0 Å². The second kappa shape index (κ2) is 9.50. The number of hydrogen-bond donors (Lipinski definition) is 0. The maximum Gasteiger partial charge on any atom is 0.350 e. The smallest absolute Gasteiger partial charge is 0.350 e. The van der Waals surface area contributed by atoms with Gasteiger partial charge in [-0.25, -0.2) is 9.78 Å². The van der Waals surface area contributed by atoms with E-state index < -0.39 is 17.5 Å². The van der Waals surface area contributed by atoms with Crippen molar-refractivity contribution in [1.29, 1.82) is 0 Å². The number of fused-ring (bicyclic) bond motifs is 3. The molecule has 3 aromatic rings. The van der Waals surface area contributed by atoms with Crippen molar-refractivity contribution in [3.05, 3.63) is 76.0 Å². The molecule has 0 unspecified atom stereocenters. The molecule has 0 spiro atoms. The van der Waals surface area contributed by atoms with Gasteiger partial charge in [-0.05, 0) is 51.1 Å². The van der Waals surface area contributed by atoms with Crippen molar-refractivity contribution in [3.8, 4) is 5.69 Å². The zero-order chi connectivity index (χ0) is 24.5. The third kappa shape index (κ3) is 4.79. The highest BCUT2D eigenvalue weighted by molar-refractivity contribution is 9.10. The van der Waals surface area contributed by atoms with E-state index in [0.717, 1.165) is 38.6 Å². The molecule has 0 saturated carbocycles. The molecule has 8 nitrogen and oxygen atoms in total. The summed E-state index contributed by atoms with van der Waals surface area (Å²) in [5.74, 6) is -0.406. The lowest BCUT2D eigenvalue weighted by molar-refractivity contribution is -0.177. The number of carbonyl (C=O) groups is 2. The average Bonchev–Trinajstić information content (AvgIpc) is 3.10. The van der Waals surface area contributed by atoms with Gasteiger partial charge in [0, 0.05) is 41.5 Å². The molecule has 1 atom stereocenters. The standard InChI is InChI=1S/C25H25BrN4O4/c1-15-14-28-23-20(10-12-33-24(32)25(3,4)34-16(2)31)29-22(19-7-5-6-11-27-19)18-13-17(26)8-9-21(18)30(15)23/h5-9,11,13-14,20H,10,12H2,1-4H3/t20-/m0/s1. The highest BCUT2D eigenvalue weighted by atomic mass is 79.9. The number of esters is 2. The maximum atomic E-state index is 12.5. The molecule has 176 valence electrons. The van der Waals surface area contributed by atoms with Gasteiger partial charge in [-0.1, -0.05) is 22.0 Å². The summed E-state index contributed by atoms with van der Waals surface area (Å²) in [6, 6.07) is 11.3. The van der Waals surface area contributed by atoms with Crippen molar-refractivity contribution in [2.24, 2.45) is 4.99 Å². The Balaban J connectivity index is 1.70. The van der Waals surface area contributed by atoms with Crippen LogP contribution in [0.4, 0.5) is 0 Å². The molecule has 0 fully saturated rings. The molecule has 0 bridgehead atoms. The van der Waals surface area contributed by atoms with Gasteiger partial charge >= 0.3 is 11.9 Å². The Morgan fingerprint density at radius 3 is 2.68 bits per heavy atom. The number of pyridine rings is 1. The molecule has 0 radical (unpaired) electrons. The van der Waals surface area contributed by atoms with Crippen LogP contribution in [0.25, 0.3) is 5.69 Å². The Kier molecular flexibility index (Phi) is 6.65. The molecule has 3 heterocycles. The van der Waals surface area contributed by atoms with Crippen molar-refractivity contribution < 1.29 is 19.1 Å². The minimum Gasteiger partial charge on any atom is -0.463 e. The summed E-state index contributed by atoms with van der Waals surface area (Å²) in [6.45, 7) is 6.34. The van der Waals surface area contributed by atoms with Crippen LogP contribution in [0.15, 0.2) is 58.3 Å². The molecule has 0 N–H and O–H groups in total. The lowest BCUT2D eigenvalue weighted by atomic mass is 10.0. The monoisotopic (exact) mass is 524 g/mol. The van der Waals surface area contributed by atoms with Gasteiger partial charge in [0.05, 0.1) is 23.7 Å². The second-order valence-corrected chi connectivity index (χ2v) is 9.41. The summed E-state index contributed by atoms with van der Waals surface area (Å²) in [5, 5.41) is 0. The van der Waals surface area contributed by atoms with Crippen molar-refractivity contribution in [2.45, 2.75) is 45.8 Å². The molecular formula is C25H25BrN4O4. The number of aromatic nitrogens is 3. The number of ether oxygens (including phenoxy) is 2. The molecule has 0 amide bonds. The van der Waals surface area contributed by atoms with Crippen LogP contribution < -0.4 is 0 Å². The summed E-state index contributed by atoms with van der Waals surface area (Å²) < 4.78 is 13.5. The number of rotatable bonds is 6. The fourth-order valence-corrected chi connectivity index (χ4v) is 4.28. The highest BCUT2D eigenvalue weighted by Gasteiger charge is 2.33. The Bertz CT molecular complexity index is 1270. The number of hydrogen-bond acceptors (Lipinski definition) is 7. The largest absolute Gasteiger partial charge is 0.463 e. The van der Waals surface area contributed by atoms with Crippen molar-refractivity contribution >= 4 is 33.6 Å². The molecule has 4 rings (SSSR count). The van der Waals surface area contributed by atoms with Gasteiger partial charge in [-0.2, -0.15) is 0 Å². The first-order valence-corrected chi connectivity index (χ1v) is 11.7. The fourth-order valence-electron chi connectivity index (χ4n) is 3.92. The van der Waals surface area contributed by atoms with Gasteiger partial charge in [-0.15, -0.1) is 0 Å². The van der Waals surface area contributed by atoms with Gasteiger partial charge in [-0.3, -0.25) is 19.3 Å². The number of nitrogens with zero attached hydrogens (tertiary/aromatic N) is 4. The fraction of sp³-hybridized carbons (Fsp3) is 0.320. The number of aliphatic imine (C=N–C) groups is 1. The summed E-state index contributed by atoms with van der Waals surface area (Å²) in [7, 11) is 0. The number of imidazole rings is 1. The van der Waals surface area contributed by atoms with E-state index in [0.29, 0.717) is 6.42 Å². The van der Waals surface area contributed by atoms with E-state index >= 15 is 0 Å². The lowest BCUT2D eigenvalue weighted by Gasteiger charge is -2.22. The Labute approximate surface area is 206 Å². The lowest BCUT2D eigenvalue weighted by Crippen LogP contribution is -2.38. The maximum absolute atomic E-state index is 12.5. The van der Waals surface area contributed by atoms with E-state index in [-0.39, 0.29) is 12.6 Å². The Morgan fingerprint density at radius 2 is 1.97 bits per heavy atom. The third-order valence-corrected chi connectivity index (χ3v) is 5.92. The number of benzene rings is 1. The predicted octanol–water partition coefficient (Wildman–Crippen LogP) is 4.51. The first kappa shape index (κ1) is 23.8. The number of carbonyl (C=O) groups excluding carboxylic acids is 2. The first-order valence-electron chi connectivity index (χ1n) is 10.9. The molecule has 0 saturated heterocycles. The van der Waals surface area contributed by atoms with Crippen LogP contribution >= 0.6 is 15.9 Å². The van der Waals surface area contributed by atoms with Crippen LogP contribution in [0, 0.1) is 6.92 Å². The van der Waals surface area contributed by atoms with Crippen molar-refractivity contribution in [2.75, 3.05) is 6.61 Å². The normalized spacial score (nSPS) is 15.0. The van der Waals surface area contributed by atoms with Gasteiger partial charge in [0.15, 0.2) is 0 Å². The van der Waals surface area contributed by atoms with Crippen molar-refractivity contribution in [3.63, 3.8) is 0 Å². The summed E-state index contributed by atoms with van der Waals surface area (Å²) in [6.07, 6.45) is 3.94. The van der Waals surface area contributed by atoms with Crippen LogP contribution in [0.3, 0.4) is 0 Å². The zero-order valence-corrected chi connectivity index (χ0v) is 21.0. The summed E-state index contributed by atoms with van der Waals surface area (Å²) in [5.41, 5.74) is 2.95. The van der Waals surface area contributed by atoms with Crippen LogP contribution in [0.1, 0.15) is 56.0 Å². The third-order valence-electron chi connectivity index (χ3n) is 5.43. The summed E-state index contributed by atoms with van der Waals surface area (Å²) in [4.78, 5) is 38.0. The minimum atomic E-state index is -1.37. The average molecular weight is 525 g/mol. The van der Waals surface area contributed by atoms with E-state index in [1.54, 1.807) is 6.20 Å². The van der Waals surface area contributed by atoms with E-state index in [1.165, 1.54) is 20.8 Å². The molecule has 1 aliphatic heterocycles.